The van der Waals surface area contributed by atoms with E-state index in [4.69, 9.17) is 4.74 Å². The minimum Gasteiger partial charge on any atom is -0.457 e. The number of ether oxygens (including phenoxy) is 1. The highest BCUT2D eigenvalue weighted by Crippen LogP contribution is 2.25. The summed E-state index contributed by atoms with van der Waals surface area (Å²) in [5.74, 6) is 0.889. The van der Waals surface area contributed by atoms with Gasteiger partial charge >= 0.3 is 0 Å². The molecule has 30 heavy (non-hydrogen) atoms. The number of carbonyl (C=O) groups is 1. The smallest absolute Gasteiger partial charge is 0.272 e. The molecule has 2 heterocycles. The summed E-state index contributed by atoms with van der Waals surface area (Å²) < 4.78 is 34.3. The van der Waals surface area contributed by atoms with Crippen molar-refractivity contribution in [1.82, 2.24) is 8.87 Å². The first-order valence-corrected chi connectivity index (χ1v) is 11.2. The van der Waals surface area contributed by atoms with Gasteiger partial charge in [-0.05, 0) is 43.2 Å². The topological polar surface area (TPSA) is 80.6 Å². The van der Waals surface area contributed by atoms with Crippen LogP contribution in [0, 0.1) is 0 Å². The van der Waals surface area contributed by atoms with Crippen molar-refractivity contribution in [2.75, 3.05) is 18.4 Å². The minimum absolute atomic E-state index is 0.137. The van der Waals surface area contributed by atoms with Crippen LogP contribution in [0.1, 0.15) is 23.3 Å². The molecule has 1 saturated heterocycles. The van der Waals surface area contributed by atoms with Gasteiger partial charge in [0.05, 0.1) is 0 Å². The first-order chi connectivity index (χ1) is 14.4. The summed E-state index contributed by atoms with van der Waals surface area (Å²) in [5.41, 5.74) is 0.820. The third kappa shape index (κ3) is 4.24. The predicted octanol–water partition coefficient (Wildman–Crippen LogP) is 3.85. The lowest BCUT2D eigenvalue weighted by Crippen LogP contribution is -2.27. The molecule has 7 nitrogen and oxygen atoms in total. The van der Waals surface area contributed by atoms with Crippen LogP contribution in [0.25, 0.3) is 0 Å². The second kappa shape index (κ2) is 8.33. The van der Waals surface area contributed by atoms with Crippen LogP contribution in [-0.2, 0) is 17.1 Å². The fraction of sp³-hybridized carbons (Fsp3) is 0.227. The Hall–Kier alpha value is -3.10. The number of nitrogens with zero attached hydrogens (tertiary/aromatic N) is 2. The Kier molecular flexibility index (Phi) is 5.61. The third-order valence-corrected chi connectivity index (χ3v) is 6.85. The summed E-state index contributed by atoms with van der Waals surface area (Å²) in [6, 6.07) is 17.8. The average Bonchev–Trinajstić information content (AvgIpc) is 3.40. The van der Waals surface area contributed by atoms with Crippen molar-refractivity contribution >= 4 is 21.6 Å². The van der Waals surface area contributed by atoms with Crippen LogP contribution >= 0.6 is 0 Å². The van der Waals surface area contributed by atoms with E-state index in [1.54, 1.807) is 31.3 Å². The Morgan fingerprint density at radius 1 is 0.967 bits per heavy atom. The number of sulfonamides is 1. The zero-order chi connectivity index (χ0) is 21.1. The molecule has 0 atom stereocenters. The van der Waals surface area contributed by atoms with E-state index in [2.05, 4.69) is 5.32 Å². The molecule has 1 aromatic heterocycles. The maximum atomic E-state index is 12.8. The Morgan fingerprint density at radius 3 is 2.40 bits per heavy atom. The molecule has 0 spiro atoms. The zero-order valence-corrected chi connectivity index (χ0v) is 17.4. The molecule has 0 bridgehead atoms. The number of aryl methyl sites for hydroxylation is 1. The number of hydrogen-bond donors (Lipinski definition) is 1. The average molecular weight is 426 g/mol. The van der Waals surface area contributed by atoms with Crippen LogP contribution in [-0.4, -0.2) is 36.3 Å². The molecule has 0 aliphatic carbocycles. The molecule has 3 aromatic rings. The van der Waals surface area contributed by atoms with Crippen LogP contribution in [0.3, 0.4) is 0 Å². The number of amides is 1. The van der Waals surface area contributed by atoms with Crippen molar-refractivity contribution in [3.05, 3.63) is 72.6 Å². The van der Waals surface area contributed by atoms with Gasteiger partial charge in [-0.3, -0.25) is 4.79 Å². The number of carbonyl (C=O) groups excluding carboxylic acids is 1. The normalized spacial score (nSPS) is 14.6. The highest BCUT2D eigenvalue weighted by Gasteiger charge is 2.29. The molecular formula is C22H23N3O4S. The summed E-state index contributed by atoms with van der Waals surface area (Å²) in [6.45, 7) is 1.04. The summed E-state index contributed by atoms with van der Waals surface area (Å²) in [6.07, 6.45) is 3.21. The predicted molar refractivity (Wildman–Crippen MR) is 114 cm³/mol. The lowest BCUT2D eigenvalue weighted by Gasteiger charge is -2.13. The van der Waals surface area contributed by atoms with Gasteiger partial charge in [0.2, 0.25) is 10.0 Å². The largest absolute Gasteiger partial charge is 0.457 e. The van der Waals surface area contributed by atoms with E-state index in [0.717, 1.165) is 12.8 Å². The second-order valence-corrected chi connectivity index (χ2v) is 9.12. The molecule has 8 heteroatoms. The summed E-state index contributed by atoms with van der Waals surface area (Å²) in [5, 5.41) is 2.81. The Bertz CT molecular complexity index is 1150. The van der Waals surface area contributed by atoms with Gasteiger partial charge in [0.1, 0.15) is 22.1 Å². The van der Waals surface area contributed by atoms with Crippen molar-refractivity contribution < 1.29 is 17.9 Å². The quantitative estimate of drug-likeness (QED) is 0.650. The number of anilines is 1. The molecule has 1 amide bonds. The van der Waals surface area contributed by atoms with Gasteiger partial charge in [0.25, 0.3) is 5.91 Å². The molecular weight excluding hydrogens is 402 g/mol. The van der Waals surface area contributed by atoms with Gasteiger partial charge in [-0.15, -0.1) is 0 Å². The van der Waals surface area contributed by atoms with Gasteiger partial charge in [0, 0.05) is 38.1 Å². The van der Waals surface area contributed by atoms with Crippen molar-refractivity contribution in [2.24, 2.45) is 7.05 Å². The zero-order valence-electron chi connectivity index (χ0n) is 16.6. The minimum atomic E-state index is -3.58. The molecule has 0 radical (unpaired) electrons. The van der Waals surface area contributed by atoms with Crippen LogP contribution in [0.4, 0.5) is 5.69 Å². The second-order valence-electron chi connectivity index (χ2n) is 7.18. The lowest BCUT2D eigenvalue weighted by molar-refractivity contribution is 0.101. The number of benzene rings is 2. The molecule has 1 fully saturated rings. The molecule has 4 rings (SSSR count). The van der Waals surface area contributed by atoms with Crippen LogP contribution in [0.5, 0.6) is 11.5 Å². The van der Waals surface area contributed by atoms with E-state index in [1.807, 2.05) is 30.3 Å². The SMILES string of the molecule is Cn1cc(S(=O)(=O)N2CCCC2)cc1C(=O)Nc1cccc(Oc2ccccc2)c1. The first kappa shape index (κ1) is 20.2. The number of hydrogen-bond acceptors (Lipinski definition) is 4. The number of para-hydroxylation sites is 1. The Labute approximate surface area is 175 Å². The third-order valence-electron chi connectivity index (χ3n) is 4.99. The van der Waals surface area contributed by atoms with Crippen LogP contribution in [0.15, 0.2) is 71.8 Å². The van der Waals surface area contributed by atoms with E-state index in [0.29, 0.717) is 30.3 Å². The fourth-order valence-corrected chi connectivity index (χ4v) is 5.02. The maximum absolute atomic E-state index is 12.8. The van der Waals surface area contributed by atoms with Crippen LogP contribution in [0.2, 0.25) is 0 Å². The van der Waals surface area contributed by atoms with E-state index in [1.165, 1.54) is 21.1 Å². The molecule has 2 aromatic carbocycles. The van der Waals surface area contributed by atoms with Gasteiger partial charge in [-0.2, -0.15) is 4.31 Å². The number of aromatic nitrogens is 1. The fourth-order valence-electron chi connectivity index (χ4n) is 3.44. The Balaban J connectivity index is 1.51. The van der Waals surface area contributed by atoms with E-state index < -0.39 is 15.9 Å². The van der Waals surface area contributed by atoms with Crippen molar-refractivity contribution in [1.29, 1.82) is 0 Å². The molecule has 0 saturated carbocycles. The van der Waals surface area contributed by atoms with Crippen LogP contribution < -0.4 is 10.1 Å². The molecule has 1 aliphatic rings. The van der Waals surface area contributed by atoms with Crippen molar-refractivity contribution in [2.45, 2.75) is 17.7 Å². The summed E-state index contributed by atoms with van der Waals surface area (Å²) >= 11 is 0. The highest BCUT2D eigenvalue weighted by molar-refractivity contribution is 7.89. The van der Waals surface area contributed by atoms with Crippen molar-refractivity contribution in [3.8, 4) is 11.5 Å². The van der Waals surface area contributed by atoms with E-state index in [-0.39, 0.29) is 10.6 Å². The molecule has 1 N–H and O–H groups in total. The van der Waals surface area contributed by atoms with Gasteiger partial charge in [-0.25, -0.2) is 8.42 Å². The summed E-state index contributed by atoms with van der Waals surface area (Å²) in [7, 11) is -1.92. The number of rotatable bonds is 6. The molecule has 0 unspecified atom stereocenters. The van der Waals surface area contributed by atoms with Gasteiger partial charge < -0.3 is 14.6 Å². The monoisotopic (exact) mass is 425 g/mol. The van der Waals surface area contributed by atoms with Gasteiger partial charge in [0.15, 0.2) is 0 Å². The maximum Gasteiger partial charge on any atom is 0.272 e. The van der Waals surface area contributed by atoms with Crippen molar-refractivity contribution in [3.63, 3.8) is 0 Å². The molecule has 156 valence electrons. The summed E-state index contributed by atoms with van der Waals surface area (Å²) in [4.78, 5) is 12.9. The Morgan fingerprint density at radius 2 is 1.67 bits per heavy atom. The van der Waals surface area contributed by atoms with E-state index >= 15 is 0 Å². The standard InChI is InChI=1S/C22H23N3O4S/c1-24-16-20(30(27,28)25-12-5-6-13-25)15-21(24)22(26)23-17-8-7-11-19(14-17)29-18-9-3-2-4-10-18/h2-4,7-11,14-16H,5-6,12-13H2,1H3,(H,23,26). The number of nitrogens with one attached hydrogen (secondary N) is 1. The lowest BCUT2D eigenvalue weighted by atomic mass is 10.3. The first-order valence-electron chi connectivity index (χ1n) is 9.74. The van der Waals surface area contributed by atoms with E-state index in [9.17, 15) is 13.2 Å². The highest BCUT2D eigenvalue weighted by atomic mass is 32.2. The molecule has 1 aliphatic heterocycles. The van der Waals surface area contributed by atoms with Gasteiger partial charge in [-0.1, -0.05) is 24.3 Å².